The van der Waals surface area contributed by atoms with Crippen molar-refractivity contribution in [2.24, 2.45) is 0 Å². The minimum atomic E-state index is -0.311. The molecule has 0 N–H and O–H groups in total. The maximum atomic E-state index is 14.9. The molecule has 78 heavy (non-hydrogen) atoms. The first-order valence-corrected chi connectivity index (χ1v) is 28.8. The van der Waals surface area contributed by atoms with E-state index in [0.29, 0.717) is 68.8 Å². The van der Waals surface area contributed by atoms with Crippen LogP contribution in [0.4, 0.5) is 0 Å². The second kappa shape index (κ2) is 19.1. The molecule has 6 amide bonds. The molecule has 7 aromatic carbocycles. The van der Waals surface area contributed by atoms with Crippen molar-refractivity contribution < 1.29 is 28.8 Å². The van der Waals surface area contributed by atoms with E-state index in [9.17, 15) is 28.8 Å². The number of rotatable bonds is 15. The van der Waals surface area contributed by atoms with Crippen LogP contribution in [0.5, 0.6) is 0 Å². The summed E-state index contributed by atoms with van der Waals surface area (Å²) >= 11 is 4.79. The molecular weight excluding hydrogens is 1030 g/mol. The first kappa shape index (κ1) is 50.0. The Balaban J connectivity index is 1.04. The fourth-order valence-electron chi connectivity index (χ4n) is 12.0. The van der Waals surface area contributed by atoms with Crippen molar-refractivity contribution in [3.63, 3.8) is 0 Å². The molecule has 0 atom stereocenters. The third-order valence-corrected chi connectivity index (χ3v) is 19.2. The Hall–Kier alpha value is -7.50. The van der Waals surface area contributed by atoms with Gasteiger partial charge in [-0.25, -0.2) is 0 Å². The van der Waals surface area contributed by atoms with Gasteiger partial charge < -0.3 is 14.7 Å². The van der Waals surface area contributed by atoms with Gasteiger partial charge in [-0.1, -0.05) is 72.8 Å². The Morgan fingerprint density at radius 3 is 0.897 bits per heavy atom. The summed E-state index contributed by atoms with van der Waals surface area (Å²) in [7, 11) is 11.9. The number of fused-ring (bicyclic) bond motifs is 6. The summed E-state index contributed by atoms with van der Waals surface area (Å²) in [6.07, 6.45) is 1.89. The summed E-state index contributed by atoms with van der Waals surface area (Å²) in [6.45, 7) is 3.01. The monoisotopic (exact) mass is 1090 g/mol. The molecule has 15 heteroatoms. The minimum absolute atomic E-state index is 0.287. The van der Waals surface area contributed by atoms with Gasteiger partial charge in [0.25, 0.3) is 35.4 Å². The smallest absolute Gasteiger partial charge is 0.262 e. The van der Waals surface area contributed by atoms with Crippen LogP contribution in [0.15, 0.2) is 109 Å². The third kappa shape index (κ3) is 7.84. The molecule has 0 bridgehead atoms. The lowest BCUT2D eigenvalue weighted by Gasteiger charge is -2.29. The number of carbonyl (C=O) groups excluding carboxylic acids is 6. The Labute approximate surface area is 462 Å². The van der Waals surface area contributed by atoms with Gasteiger partial charge in [0.2, 0.25) is 0 Å². The largest absolute Gasteiger partial charge is 0.309 e. The minimum Gasteiger partial charge on any atom is -0.309 e. The number of hydrogen-bond donors (Lipinski definition) is 0. The molecule has 3 aliphatic rings. The van der Waals surface area contributed by atoms with Gasteiger partial charge in [0.05, 0.1) is 16.7 Å². The molecule has 390 valence electrons. The molecule has 6 heterocycles. The van der Waals surface area contributed by atoms with Crippen molar-refractivity contribution in [2.75, 3.05) is 81.6 Å². The predicted octanol–water partition coefficient (Wildman–Crippen LogP) is 12.4. The summed E-state index contributed by atoms with van der Waals surface area (Å²) in [5.74, 6) is -1.80. The summed E-state index contributed by atoms with van der Waals surface area (Å²) in [5.41, 5.74) is 5.28. The van der Waals surface area contributed by atoms with Crippen molar-refractivity contribution in [1.82, 2.24) is 29.4 Å². The normalized spacial score (nSPS) is 14.7. The van der Waals surface area contributed by atoms with E-state index in [1.54, 1.807) is 34.0 Å². The fourth-order valence-corrected chi connectivity index (χ4v) is 15.8. The lowest BCUT2D eigenvalue weighted by atomic mass is 9.89. The van der Waals surface area contributed by atoms with Crippen LogP contribution in [0.1, 0.15) is 81.4 Å². The highest BCUT2D eigenvalue weighted by atomic mass is 32.1. The van der Waals surface area contributed by atoms with Gasteiger partial charge in [0.15, 0.2) is 0 Å². The van der Waals surface area contributed by atoms with Gasteiger partial charge in [-0.3, -0.25) is 43.5 Å². The molecular formula is C63H54N6O6S3. The average Bonchev–Trinajstić information content (AvgIpc) is 4.16. The maximum absolute atomic E-state index is 14.9. The van der Waals surface area contributed by atoms with Crippen molar-refractivity contribution in [3.05, 3.63) is 143 Å². The summed E-state index contributed by atoms with van der Waals surface area (Å²) in [5, 5.41) is 7.35. The van der Waals surface area contributed by atoms with Gasteiger partial charge in [0.1, 0.15) is 0 Å². The highest BCUT2D eigenvalue weighted by Gasteiger charge is 2.39. The van der Waals surface area contributed by atoms with Gasteiger partial charge in [-0.2, -0.15) is 0 Å². The van der Waals surface area contributed by atoms with Crippen LogP contribution < -0.4 is 0 Å². The standard InChI is InChI=1S/C63H54N6O6S3/c1-64(2)25-10-28-67-58(70)40-16-7-13-34-19-22-37(52(49(34)40)61(67)73)46-31-43-55(76-46)44-32-47(38-23-20-35-14-8-17-41-50(35)53(38)62(74)68(59(41)71)29-11-26-65(3)4)78-57(44)45-33-48(77-56(43)45)39-24-21-36-15-9-18-42-51(36)54(39)63(75)69(60(42)72)30-12-27-66(5)6/h7-9,13-24,31-33H,10-12,25-30H2,1-6H3. The first-order valence-electron chi connectivity index (χ1n) is 26.3. The van der Waals surface area contributed by atoms with Crippen molar-refractivity contribution in [2.45, 2.75) is 19.3 Å². The molecule has 0 aliphatic carbocycles. The summed E-state index contributed by atoms with van der Waals surface area (Å²) in [6, 6.07) is 35.5. The van der Waals surface area contributed by atoms with Gasteiger partial charge >= 0.3 is 0 Å². The van der Waals surface area contributed by atoms with Crippen LogP contribution in [0.25, 0.3) is 93.9 Å². The number of benzene rings is 7. The number of nitrogens with zero attached hydrogens (tertiary/aromatic N) is 6. The molecule has 0 saturated carbocycles. The molecule has 0 spiro atoms. The molecule has 10 aromatic rings. The molecule has 0 fully saturated rings. The Morgan fingerprint density at radius 2 is 0.628 bits per heavy atom. The zero-order valence-electron chi connectivity index (χ0n) is 44.1. The van der Waals surface area contributed by atoms with E-state index >= 15 is 0 Å². The van der Waals surface area contributed by atoms with Crippen molar-refractivity contribution in [3.8, 4) is 31.3 Å². The van der Waals surface area contributed by atoms with Crippen LogP contribution in [0.3, 0.4) is 0 Å². The second-order valence-electron chi connectivity index (χ2n) is 21.5. The molecule has 3 aromatic heterocycles. The molecule has 3 aliphatic heterocycles. The first-order chi connectivity index (χ1) is 37.7. The Kier molecular flexibility index (Phi) is 12.3. The van der Waals surface area contributed by atoms with E-state index < -0.39 is 0 Å². The van der Waals surface area contributed by atoms with Crippen molar-refractivity contribution >= 4 is 132 Å². The zero-order valence-corrected chi connectivity index (χ0v) is 46.6. The van der Waals surface area contributed by atoms with Gasteiger partial charge in [-0.15, -0.1) is 34.0 Å². The average molecular weight is 1090 g/mol. The van der Waals surface area contributed by atoms with Crippen LogP contribution in [-0.2, 0) is 0 Å². The van der Waals surface area contributed by atoms with Gasteiger partial charge in [-0.05, 0) is 134 Å². The lowest BCUT2D eigenvalue weighted by molar-refractivity contribution is 0.0591. The van der Waals surface area contributed by atoms with Crippen molar-refractivity contribution in [1.29, 1.82) is 0 Å². The van der Waals surface area contributed by atoms with E-state index in [4.69, 9.17) is 0 Å². The third-order valence-electron chi connectivity index (χ3n) is 15.6. The van der Waals surface area contributed by atoms with E-state index in [0.717, 1.165) is 97.4 Å². The molecule has 13 rings (SSSR count). The zero-order chi connectivity index (χ0) is 54.0. The fraction of sp³-hybridized carbons (Fsp3) is 0.238. The van der Waals surface area contributed by atoms with Crippen LogP contribution >= 0.6 is 34.0 Å². The quantitative estimate of drug-likeness (QED) is 0.0924. The number of hydrogen-bond acceptors (Lipinski definition) is 12. The Bertz CT molecular complexity index is 3770. The van der Waals surface area contributed by atoms with E-state index in [1.807, 2.05) is 148 Å². The van der Waals surface area contributed by atoms with E-state index in [1.165, 1.54) is 14.7 Å². The molecule has 0 unspecified atom stereocenters. The molecule has 0 saturated heterocycles. The SMILES string of the molecule is CN(C)CCCN1C(=O)c2cccc3ccc(-c4cc5c(s4)c4cc(-c6ccc7cccc8c7c6C(=O)N(CCCN(C)C)C8=O)sc4c4cc(-c6ccc7cccc8c7c6C(=O)N(CCCN(C)C)C8=O)sc54)c(c23)C1=O. The summed E-state index contributed by atoms with van der Waals surface area (Å²) < 4.78 is 2.97. The van der Waals surface area contributed by atoms with Crippen LogP contribution in [0.2, 0.25) is 0 Å². The highest BCUT2D eigenvalue weighted by molar-refractivity contribution is 7.30. The maximum Gasteiger partial charge on any atom is 0.262 e. The summed E-state index contributed by atoms with van der Waals surface area (Å²) in [4.78, 5) is 100. The molecule has 0 radical (unpaired) electrons. The Morgan fingerprint density at radius 1 is 0.346 bits per heavy atom. The van der Waals surface area contributed by atoms with Crippen LogP contribution in [0, 0.1) is 0 Å². The highest BCUT2D eigenvalue weighted by Crippen LogP contribution is 2.53. The van der Waals surface area contributed by atoms with Crippen LogP contribution in [-0.4, -0.2) is 146 Å². The lowest BCUT2D eigenvalue weighted by Crippen LogP contribution is -2.41. The number of carbonyl (C=O) groups is 6. The number of amides is 6. The van der Waals surface area contributed by atoms with E-state index in [2.05, 4.69) is 18.2 Å². The van der Waals surface area contributed by atoms with Gasteiger partial charge in [0, 0.05) is 114 Å². The van der Waals surface area contributed by atoms with E-state index in [-0.39, 0.29) is 55.1 Å². The topological polar surface area (TPSA) is 122 Å². The second-order valence-corrected chi connectivity index (χ2v) is 24.6. The number of imide groups is 3. The predicted molar refractivity (Wildman–Crippen MR) is 317 cm³/mol. The number of thiophene rings is 3. The molecule has 12 nitrogen and oxygen atoms in total.